The molecule has 0 aromatic heterocycles. The molecule has 0 bridgehead atoms. The second-order valence-electron chi connectivity index (χ2n) is 5.99. The second-order valence-corrected chi connectivity index (χ2v) is 7.85. The van der Waals surface area contributed by atoms with Crippen LogP contribution in [0.4, 0.5) is 11.4 Å². The molecular weight excluding hydrogens is 340 g/mol. The van der Waals surface area contributed by atoms with Crippen molar-refractivity contribution in [3.05, 3.63) is 54.1 Å². The van der Waals surface area contributed by atoms with Crippen molar-refractivity contribution >= 4 is 27.3 Å². The number of hydrogen-bond acceptors (Lipinski definition) is 4. The van der Waals surface area contributed by atoms with Gasteiger partial charge in [0.2, 0.25) is 10.0 Å². The summed E-state index contributed by atoms with van der Waals surface area (Å²) in [5, 5.41) is 2.81. The van der Waals surface area contributed by atoms with Crippen molar-refractivity contribution in [2.75, 3.05) is 23.0 Å². The maximum atomic E-state index is 12.6. The Kier molecular flexibility index (Phi) is 4.67. The lowest BCUT2D eigenvalue weighted by Crippen LogP contribution is -2.32. The van der Waals surface area contributed by atoms with Crippen molar-refractivity contribution in [3.63, 3.8) is 0 Å². The number of rotatable bonds is 6. The van der Waals surface area contributed by atoms with E-state index < -0.39 is 10.0 Å². The molecule has 0 spiro atoms. The number of para-hydroxylation sites is 2. The normalized spacial score (nSPS) is 14.0. The summed E-state index contributed by atoms with van der Waals surface area (Å²) in [6, 6.07) is 13.7. The Morgan fingerprint density at radius 1 is 1.16 bits per heavy atom. The SMILES string of the molecule is COc1cccc(C(=O)Nc2ccccc2N(C2CC2)S(C)(=O)=O)c1. The molecule has 0 radical (unpaired) electrons. The highest BCUT2D eigenvalue weighted by molar-refractivity contribution is 7.92. The van der Waals surface area contributed by atoms with Gasteiger partial charge in [-0.15, -0.1) is 0 Å². The molecular formula is C18H20N2O4S. The van der Waals surface area contributed by atoms with Crippen molar-refractivity contribution in [1.82, 2.24) is 0 Å². The molecule has 7 heteroatoms. The van der Waals surface area contributed by atoms with Gasteiger partial charge in [0.1, 0.15) is 5.75 Å². The summed E-state index contributed by atoms with van der Waals surface area (Å²) < 4.78 is 30.9. The number of sulfonamides is 1. The van der Waals surface area contributed by atoms with Gasteiger partial charge in [0.25, 0.3) is 5.91 Å². The Hall–Kier alpha value is -2.54. The number of anilines is 2. The predicted molar refractivity (Wildman–Crippen MR) is 97.7 cm³/mol. The molecule has 2 aromatic carbocycles. The number of carbonyl (C=O) groups excluding carboxylic acids is 1. The summed E-state index contributed by atoms with van der Waals surface area (Å²) in [4.78, 5) is 12.6. The third-order valence-corrected chi connectivity index (χ3v) is 5.17. The number of hydrogen-bond donors (Lipinski definition) is 1. The Balaban J connectivity index is 1.92. The minimum absolute atomic E-state index is 0.0372. The van der Waals surface area contributed by atoms with Gasteiger partial charge in [-0.05, 0) is 43.2 Å². The minimum Gasteiger partial charge on any atom is -0.497 e. The van der Waals surface area contributed by atoms with Crippen LogP contribution in [0.1, 0.15) is 23.2 Å². The zero-order chi connectivity index (χ0) is 18.0. The van der Waals surface area contributed by atoms with Crippen molar-refractivity contribution in [1.29, 1.82) is 0 Å². The van der Waals surface area contributed by atoms with Gasteiger partial charge in [0.15, 0.2) is 0 Å². The van der Waals surface area contributed by atoms with E-state index in [0.29, 0.717) is 22.7 Å². The average molecular weight is 360 g/mol. The number of ether oxygens (including phenoxy) is 1. The van der Waals surface area contributed by atoms with Gasteiger partial charge >= 0.3 is 0 Å². The summed E-state index contributed by atoms with van der Waals surface area (Å²) in [6.45, 7) is 0. The lowest BCUT2D eigenvalue weighted by atomic mass is 10.2. The minimum atomic E-state index is -3.43. The highest BCUT2D eigenvalue weighted by atomic mass is 32.2. The molecule has 6 nitrogen and oxygen atoms in total. The van der Waals surface area contributed by atoms with Crippen LogP contribution < -0.4 is 14.4 Å². The van der Waals surface area contributed by atoms with Gasteiger partial charge < -0.3 is 10.1 Å². The van der Waals surface area contributed by atoms with Crippen molar-refractivity contribution in [2.24, 2.45) is 0 Å². The van der Waals surface area contributed by atoms with Crippen molar-refractivity contribution < 1.29 is 17.9 Å². The van der Waals surface area contributed by atoms with Crippen LogP contribution >= 0.6 is 0 Å². The van der Waals surface area contributed by atoms with E-state index in [1.165, 1.54) is 17.7 Å². The van der Waals surface area contributed by atoms with Gasteiger partial charge in [0, 0.05) is 11.6 Å². The van der Waals surface area contributed by atoms with Gasteiger partial charge in [-0.1, -0.05) is 18.2 Å². The largest absolute Gasteiger partial charge is 0.497 e. The molecule has 2 aromatic rings. The van der Waals surface area contributed by atoms with Crippen LogP contribution in [0.2, 0.25) is 0 Å². The van der Waals surface area contributed by atoms with E-state index in [9.17, 15) is 13.2 Å². The number of benzene rings is 2. The summed E-state index contributed by atoms with van der Waals surface area (Å²) in [6.07, 6.45) is 2.84. The third-order valence-electron chi connectivity index (χ3n) is 3.96. The molecule has 25 heavy (non-hydrogen) atoms. The maximum Gasteiger partial charge on any atom is 0.255 e. The Labute approximate surface area is 147 Å². The highest BCUT2D eigenvalue weighted by Gasteiger charge is 2.36. The number of nitrogens with zero attached hydrogens (tertiary/aromatic N) is 1. The molecule has 0 aliphatic heterocycles. The molecule has 1 saturated carbocycles. The molecule has 1 aliphatic carbocycles. The zero-order valence-electron chi connectivity index (χ0n) is 14.1. The molecule has 1 amide bonds. The van der Waals surface area contributed by atoms with E-state index >= 15 is 0 Å². The van der Waals surface area contributed by atoms with Crippen molar-refractivity contribution in [2.45, 2.75) is 18.9 Å². The fraction of sp³-hybridized carbons (Fsp3) is 0.278. The van der Waals surface area contributed by atoms with Crippen LogP contribution in [0.3, 0.4) is 0 Å². The topological polar surface area (TPSA) is 75.7 Å². The van der Waals surface area contributed by atoms with E-state index in [0.717, 1.165) is 12.8 Å². The first-order valence-electron chi connectivity index (χ1n) is 7.94. The average Bonchev–Trinajstić information content (AvgIpc) is 3.40. The number of methoxy groups -OCH3 is 1. The van der Waals surface area contributed by atoms with Crippen LogP contribution in [-0.4, -0.2) is 33.7 Å². The molecule has 0 heterocycles. The molecule has 1 aliphatic rings. The Bertz CT molecular complexity index is 891. The van der Waals surface area contributed by atoms with Gasteiger partial charge in [0.05, 0.1) is 24.7 Å². The monoisotopic (exact) mass is 360 g/mol. The molecule has 0 saturated heterocycles. The van der Waals surface area contributed by atoms with E-state index in [-0.39, 0.29) is 11.9 Å². The van der Waals surface area contributed by atoms with Crippen LogP contribution in [0.25, 0.3) is 0 Å². The summed E-state index contributed by atoms with van der Waals surface area (Å²) >= 11 is 0. The van der Waals surface area contributed by atoms with Crippen LogP contribution in [0, 0.1) is 0 Å². The number of carbonyl (C=O) groups is 1. The third kappa shape index (κ3) is 3.93. The van der Waals surface area contributed by atoms with E-state index in [4.69, 9.17) is 4.74 Å². The Morgan fingerprint density at radius 3 is 2.52 bits per heavy atom. The van der Waals surface area contributed by atoms with Gasteiger partial charge in [-0.3, -0.25) is 9.10 Å². The molecule has 132 valence electrons. The van der Waals surface area contributed by atoms with Crippen LogP contribution in [-0.2, 0) is 10.0 Å². The lowest BCUT2D eigenvalue weighted by Gasteiger charge is -2.24. The smallest absolute Gasteiger partial charge is 0.255 e. The molecule has 3 rings (SSSR count). The molecule has 1 N–H and O–H groups in total. The van der Waals surface area contributed by atoms with Crippen LogP contribution in [0.5, 0.6) is 5.75 Å². The fourth-order valence-corrected chi connectivity index (χ4v) is 3.95. The van der Waals surface area contributed by atoms with Crippen LogP contribution in [0.15, 0.2) is 48.5 Å². The summed E-state index contributed by atoms with van der Waals surface area (Å²) in [5.74, 6) is 0.257. The maximum absolute atomic E-state index is 12.6. The summed E-state index contributed by atoms with van der Waals surface area (Å²) in [7, 11) is -1.89. The quantitative estimate of drug-likeness (QED) is 0.859. The number of amides is 1. The second kappa shape index (κ2) is 6.76. The highest BCUT2D eigenvalue weighted by Crippen LogP contribution is 2.37. The van der Waals surface area contributed by atoms with Gasteiger partial charge in [-0.2, -0.15) is 0 Å². The van der Waals surface area contributed by atoms with Gasteiger partial charge in [-0.25, -0.2) is 8.42 Å². The first-order valence-corrected chi connectivity index (χ1v) is 9.79. The lowest BCUT2D eigenvalue weighted by molar-refractivity contribution is 0.102. The van der Waals surface area contributed by atoms with E-state index in [2.05, 4.69) is 5.32 Å². The van der Waals surface area contributed by atoms with E-state index in [1.807, 2.05) is 0 Å². The fourth-order valence-electron chi connectivity index (χ4n) is 2.69. The first-order chi connectivity index (χ1) is 11.9. The molecule has 0 atom stereocenters. The molecule has 0 unspecified atom stereocenters. The van der Waals surface area contributed by atoms with E-state index in [1.54, 1.807) is 48.5 Å². The predicted octanol–water partition coefficient (Wildman–Crippen LogP) is 2.88. The Morgan fingerprint density at radius 2 is 1.88 bits per heavy atom. The number of nitrogens with one attached hydrogen (secondary N) is 1. The zero-order valence-corrected chi connectivity index (χ0v) is 14.9. The molecule has 1 fully saturated rings. The standard InChI is InChI=1S/C18H20N2O4S/c1-24-15-7-5-6-13(12-15)18(21)19-16-8-3-4-9-17(16)20(14-10-11-14)25(2,22)23/h3-9,12,14H,10-11H2,1-2H3,(H,19,21). The first kappa shape index (κ1) is 17.3. The summed E-state index contributed by atoms with van der Waals surface area (Å²) in [5.41, 5.74) is 1.39. The van der Waals surface area contributed by atoms with Crippen molar-refractivity contribution in [3.8, 4) is 5.75 Å².